The van der Waals surface area contributed by atoms with Gasteiger partial charge < -0.3 is 14.7 Å². The summed E-state index contributed by atoms with van der Waals surface area (Å²) in [7, 11) is 0. The van der Waals surface area contributed by atoms with Crippen molar-refractivity contribution in [2.75, 3.05) is 18.0 Å². The van der Waals surface area contributed by atoms with Gasteiger partial charge in [0.05, 0.1) is 0 Å². The number of aromatic nitrogens is 2. The maximum Gasteiger partial charge on any atom is 0.348 e. The molecule has 6 nitrogen and oxygen atoms in total. The molecule has 1 aromatic heterocycles. The number of hydrogen-bond acceptors (Lipinski definition) is 5. The molecule has 2 heterocycles. The van der Waals surface area contributed by atoms with Crippen LogP contribution in [0.2, 0.25) is 0 Å². The van der Waals surface area contributed by atoms with Gasteiger partial charge in [-0.05, 0) is 25.0 Å². The summed E-state index contributed by atoms with van der Waals surface area (Å²) in [5.41, 5.74) is -0.406. The van der Waals surface area contributed by atoms with Gasteiger partial charge >= 0.3 is 5.97 Å². The zero-order valence-electron chi connectivity index (χ0n) is 15.8. The van der Waals surface area contributed by atoms with E-state index < -0.39 is 17.4 Å². The second-order valence-corrected chi connectivity index (χ2v) is 7.20. The standard InChI is InChI=1S/C20H24FN3O3/c1-13(2)17-12-18(23-14(3)22-17)24-9-7-20(8-10-24,19(25)26)27-16-6-4-5-15(21)11-16/h4-6,11-13H,7-10H2,1-3H3,(H,25,26). The number of hydrogen-bond donors (Lipinski definition) is 1. The molecule has 0 bridgehead atoms. The highest BCUT2D eigenvalue weighted by Gasteiger charge is 2.44. The summed E-state index contributed by atoms with van der Waals surface area (Å²) in [4.78, 5) is 23.0. The Hall–Kier alpha value is -2.70. The van der Waals surface area contributed by atoms with Gasteiger partial charge in [-0.3, -0.25) is 0 Å². The molecule has 0 amide bonds. The predicted octanol–water partition coefficient (Wildman–Crippen LogP) is 3.55. The van der Waals surface area contributed by atoms with Crippen LogP contribution >= 0.6 is 0 Å². The zero-order valence-corrected chi connectivity index (χ0v) is 15.8. The Balaban J connectivity index is 1.78. The quantitative estimate of drug-likeness (QED) is 0.864. The SMILES string of the molecule is Cc1nc(C(C)C)cc(N2CCC(Oc3cccc(F)c3)(C(=O)O)CC2)n1. The lowest BCUT2D eigenvalue weighted by Gasteiger charge is -2.39. The van der Waals surface area contributed by atoms with Crippen molar-refractivity contribution in [3.8, 4) is 5.75 Å². The minimum atomic E-state index is -1.37. The van der Waals surface area contributed by atoms with Crippen molar-refractivity contribution in [2.24, 2.45) is 0 Å². The summed E-state index contributed by atoms with van der Waals surface area (Å²) >= 11 is 0. The van der Waals surface area contributed by atoms with Gasteiger partial charge in [0.2, 0.25) is 5.60 Å². The Morgan fingerprint density at radius 3 is 2.56 bits per heavy atom. The number of rotatable bonds is 5. The molecule has 0 saturated carbocycles. The number of anilines is 1. The van der Waals surface area contributed by atoms with Crippen LogP contribution in [0.5, 0.6) is 5.75 Å². The first-order chi connectivity index (χ1) is 12.8. The van der Waals surface area contributed by atoms with E-state index in [1.54, 1.807) is 6.07 Å². The van der Waals surface area contributed by atoms with Gasteiger partial charge in [-0.1, -0.05) is 19.9 Å². The maximum atomic E-state index is 13.4. The highest BCUT2D eigenvalue weighted by molar-refractivity contribution is 5.78. The van der Waals surface area contributed by atoms with Crippen LogP contribution in [0.1, 0.15) is 44.1 Å². The van der Waals surface area contributed by atoms with Crippen molar-refractivity contribution in [1.29, 1.82) is 0 Å². The summed E-state index contributed by atoms with van der Waals surface area (Å²) < 4.78 is 19.2. The van der Waals surface area contributed by atoms with Gasteiger partial charge in [-0.25, -0.2) is 19.2 Å². The van der Waals surface area contributed by atoms with E-state index in [0.29, 0.717) is 18.9 Å². The van der Waals surface area contributed by atoms with Crippen LogP contribution in [0.25, 0.3) is 0 Å². The number of aryl methyl sites for hydroxylation is 1. The van der Waals surface area contributed by atoms with E-state index in [1.807, 2.05) is 13.0 Å². The van der Waals surface area contributed by atoms with E-state index >= 15 is 0 Å². The molecule has 3 rings (SSSR count). The molecular weight excluding hydrogens is 349 g/mol. The van der Waals surface area contributed by atoms with Gasteiger partial charge in [0.25, 0.3) is 0 Å². The largest absolute Gasteiger partial charge is 0.478 e. The first-order valence-corrected chi connectivity index (χ1v) is 9.07. The Bertz CT molecular complexity index is 833. The predicted molar refractivity (Wildman–Crippen MR) is 99.7 cm³/mol. The zero-order chi connectivity index (χ0) is 19.6. The van der Waals surface area contributed by atoms with Crippen LogP contribution in [0.4, 0.5) is 10.2 Å². The van der Waals surface area contributed by atoms with E-state index in [4.69, 9.17) is 4.74 Å². The molecule has 1 N–H and O–H groups in total. The lowest BCUT2D eigenvalue weighted by molar-refractivity contribution is -0.157. The molecule has 7 heteroatoms. The molecule has 0 aliphatic carbocycles. The van der Waals surface area contributed by atoms with Crippen LogP contribution in [0.3, 0.4) is 0 Å². The van der Waals surface area contributed by atoms with Gasteiger partial charge in [0, 0.05) is 43.8 Å². The van der Waals surface area contributed by atoms with Crippen molar-refractivity contribution in [3.05, 3.63) is 47.7 Å². The Labute approximate surface area is 158 Å². The van der Waals surface area contributed by atoms with Crippen LogP contribution in [-0.2, 0) is 4.79 Å². The van der Waals surface area contributed by atoms with Crippen molar-refractivity contribution in [2.45, 2.75) is 45.1 Å². The Morgan fingerprint density at radius 2 is 1.96 bits per heavy atom. The third-order valence-electron chi connectivity index (χ3n) is 4.83. The average Bonchev–Trinajstić information content (AvgIpc) is 2.61. The lowest BCUT2D eigenvalue weighted by atomic mass is 9.91. The topological polar surface area (TPSA) is 75.6 Å². The Morgan fingerprint density at radius 1 is 1.26 bits per heavy atom. The number of ether oxygens (including phenoxy) is 1. The monoisotopic (exact) mass is 373 g/mol. The number of aliphatic carboxylic acids is 1. The summed E-state index contributed by atoms with van der Waals surface area (Å²) in [6, 6.07) is 7.54. The molecular formula is C20H24FN3O3. The van der Waals surface area contributed by atoms with Crippen molar-refractivity contribution >= 4 is 11.8 Å². The first kappa shape index (κ1) is 19.1. The molecule has 1 aliphatic heterocycles. The molecule has 1 aliphatic rings. The minimum Gasteiger partial charge on any atom is -0.478 e. The maximum absolute atomic E-state index is 13.4. The van der Waals surface area contributed by atoms with Crippen LogP contribution in [0, 0.1) is 12.7 Å². The molecule has 144 valence electrons. The third kappa shape index (κ3) is 4.18. The molecule has 1 saturated heterocycles. The molecule has 1 aromatic carbocycles. The number of carboxylic acid groups (broad SMARTS) is 1. The molecule has 0 atom stereocenters. The summed E-state index contributed by atoms with van der Waals surface area (Å²) in [6.45, 7) is 6.97. The summed E-state index contributed by atoms with van der Waals surface area (Å²) in [6.07, 6.45) is 0.553. The molecule has 0 spiro atoms. The van der Waals surface area contributed by atoms with E-state index in [2.05, 4.69) is 28.7 Å². The smallest absolute Gasteiger partial charge is 0.348 e. The fourth-order valence-corrected chi connectivity index (χ4v) is 3.24. The molecule has 2 aromatic rings. The van der Waals surface area contributed by atoms with Gasteiger partial charge in [0.15, 0.2) is 0 Å². The summed E-state index contributed by atoms with van der Waals surface area (Å²) in [5, 5.41) is 9.77. The van der Waals surface area contributed by atoms with E-state index in [-0.39, 0.29) is 24.5 Å². The summed E-state index contributed by atoms with van der Waals surface area (Å²) in [5.74, 6) is 0.519. The number of benzene rings is 1. The van der Waals surface area contributed by atoms with Crippen molar-refractivity contribution < 1.29 is 19.0 Å². The third-order valence-corrected chi connectivity index (χ3v) is 4.83. The fourth-order valence-electron chi connectivity index (χ4n) is 3.24. The van der Waals surface area contributed by atoms with Crippen LogP contribution in [0.15, 0.2) is 30.3 Å². The van der Waals surface area contributed by atoms with E-state index in [0.717, 1.165) is 11.5 Å². The molecule has 0 unspecified atom stereocenters. The highest BCUT2D eigenvalue weighted by Crippen LogP contribution is 2.32. The number of piperidine rings is 1. The van der Waals surface area contributed by atoms with E-state index in [1.165, 1.54) is 18.2 Å². The number of nitrogens with zero attached hydrogens (tertiary/aromatic N) is 3. The van der Waals surface area contributed by atoms with E-state index in [9.17, 15) is 14.3 Å². The minimum absolute atomic E-state index is 0.228. The first-order valence-electron chi connectivity index (χ1n) is 9.07. The fraction of sp³-hybridized carbons (Fsp3) is 0.450. The average molecular weight is 373 g/mol. The molecule has 27 heavy (non-hydrogen) atoms. The Kier molecular flexibility index (Phi) is 5.30. The number of carboxylic acids is 1. The van der Waals surface area contributed by atoms with Crippen molar-refractivity contribution in [1.82, 2.24) is 9.97 Å². The normalized spacial score (nSPS) is 16.4. The second-order valence-electron chi connectivity index (χ2n) is 7.20. The van der Waals surface area contributed by atoms with Crippen molar-refractivity contribution in [3.63, 3.8) is 0 Å². The van der Waals surface area contributed by atoms with Gasteiger partial charge in [0.1, 0.15) is 23.2 Å². The second kappa shape index (κ2) is 7.50. The highest BCUT2D eigenvalue weighted by atomic mass is 19.1. The number of halogens is 1. The lowest BCUT2D eigenvalue weighted by Crippen LogP contribution is -2.53. The van der Waals surface area contributed by atoms with Crippen LogP contribution in [-0.4, -0.2) is 39.7 Å². The van der Waals surface area contributed by atoms with Crippen LogP contribution < -0.4 is 9.64 Å². The number of carbonyl (C=O) groups is 1. The molecule has 0 radical (unpaired) electrons. The van der Waals surface area contributed by atoms with Gasteiger partial charge in [-0.15, -0.1) is 0 Å². The van der Waals surface area contributed by atoms with Gasteiger partial charge in [-0.2, -0.15) is 0 Å². The molecule has 1 fully saturated rings.